The van der Waals surface area contributed by atoms with Crippen molar-refractivity contribution in [1.29, 1.82) is 0 Å². The minimum Gasteiger partial charge on any atom is -0.377 e. The zero-order chi connectivity index (χ0) is 12.1. The van der Waals surface area contributed by atoms with Crippen LogP contribution in [-0.4, -0.2) is 42.6 Å². The highest BCUT2D eigenvalue weighted by Crippen LogP contribution is 2.16. The lowest BCUT2D eigenvalue weighted by Gasteiger charge is -2.34. The molecule has 3 unspecified atom stereocenters. The molecule has 1 amide bonds. The highest BCUT2D eigenvalue weighted by molar-refractivity contribution is 5.79. The summed E-state index contributed by atoms with van der Waals surface area (Å²) in [7, 11) is 0. The van der Waals surface area contributed by atoms with Crippen LogP contribution in [0.4, 0.5) is 0 Å². The van der Waals surface area contributed by atoms with Gasteiger partial charge >= 0.3 is 0 Å². The number of piperidine rings is 1. The molecule has 94 valence electrons. The van der Waals surface area contributed by atoms with Gasteiger partial charge in [-0.2, -0.15) is 0 Å². The summed E-state index contributed by atoms with van der Waals surface area (Å²) in [6, 6.07) is -0.0834. The van der Waals surface area contributed by atoms with Gasteiger partial charge in [0, 0.05) is 25.7 Å². The summed E-state index contributed by atoms with van der Waals surface area (Å²) in [5.74, 6) is 0.0692. The molecule has 1 aliphatic rings. The number of likely N-dealkylation sites (tertiary alicyclic amines) is 1. The summed E-state index contributed by atoms with van der Waals surface area (Å²) in [5.41, 5.74) is 5.76. The monoisotopic (exact) mass is 228 g/mol. The second kappa shape index (κ2) is 6.21. The van der Waals surface area contributed by atoms with Gasteiger partial charge in [0.1, 0.15) is 0 Å². The van der Waals surface area contributed by atoms with E-state index in [1.165, 1.54) is 0 Å². The normalized spacial score (nSPS) is 25.2. The molecule has 0 aromatic carbocycles. The Kier molecular flexibility index (Phi) is 5.22. The first-order valence-corrected chi connectivity index (χ1v) is 6.22. The molecular weight excluding hydrogens is 204 g/mol. The summed E-state index contributed by atoms with van der Waals surface area (Å²) in [4.78, 5) is 14.0. The van der Waals surface area contributed by atoms with Crippen LogP contribution >= 0.6 is 0 Å². The number of rotatable bonds is 4. The van der Waals surface area contributed by atoms with E-state index in [1.807, 2.05) is 25.7 Å². The molecule has 1 aliphatic heterocycles. The van der Waals surface area contributed by atoms with Crippen LogP contribution in [0.3, 0.4) is 0 Å². The van der Waals surface area contributed by atoms with Crippen LogP contribution in [0.2, 0.25) is 0 Å². The molecule has 2 N–H and O–H groups in total. The maximum atomic E-state index is 12.1. The van der Waals surface area contributed by atoms with E-state index in [9.17, 15) is 4.79 Å². The van der Waals surface area contributed by atoms with E-state index >= 15 is 0 Å². The summed E-state index contributed by atoms with van der Waals surface area (Å²) in [6.45, 7) is 8.06. The Bertz CT molecular complexity index is 229. The van der Waals surface area contributed by atoms with Crippen molar-refractivity contribution in [3.8, 4) is 0 Å². The molecule has 0 spiro atoms. The van der Waals surface area contributed by atoms with Crippen LogP contribution in [-0.2, 0) is 9.53 Å². The Morgan fingerprint density at radius 2 is 2.25 bits per heavy atom. The number of carbonyl (C=O) groups is 1. The van der Waals surface area contributed by atoms with Gasteiger partial charge in [-0.1, -0.05) is 6.92 Å². The topological polar surface area (TPSA) is 55.6 Å². The van der Waals surface area contributed by atoms with Crippen molar-refractivity contribution in [2.45, 2.75) is 45.8 Å². The number of amides is 1. The van der Waals surface area contributed by atoms with E-state index in [0.29, 0.717) is 0 Å². The number of nitrogens with zero attached hydrogens (tertiary/aromatic N) is 1. The third-order valence-electron chi connectivity index (χ3n) is 3.27. The summed E-state index contributed by atoms with van der Waals surface area (Å²) in [5, 5.41) is 0. The number of carbonyl (C=O) groups excluding carboxylic acids is 1. The fourth-order valence-electron chi connectivity index (χ4n) is 2.02. The van der Waals surface area contributed by atoms with Gasteiger partial charge in [0.25, 0.3) is 0 Å². The van der Waals surface area contributed by atoms with Gasteiger partial charge in [-0.25, -0.2) is 0 Å². The molecule has 0 bridgehead atoms. The molecule has 3 atom stereocenters. The van der Waals surface area contributed by atoms with Crippen molar-refractivity contribution in [2.24, 2.45) is 11.7 Å². The van der Waals surface area contributed by atoms with Gasteiger partial charge < -0.3 is 15.4 Å². The molecule has 1 saturated heterocycles. The average Bonchev–Trinajstić information content (AvgIpc) is 2.28. The summed E-state index contributed by atoms with van der Waals surface area (Å²) < 4.78 is 5.58. The molecule has 1 rings (SSSR count). The zero-order valence-corrected chi connectivity index (χ0v) is 10.6. The van der Waals surface area contributed by atoms with Crippen molar-refractivity contribution >= 4 is 5.91 Å². The van der Waals surface area contributed by atoms with Crippen molar-refractivity contribution in [2.75, 3.05) is 19.7 Å². The van der Waals surface area contributed by atoms with Gasteiger partial charge in [-0.05, 0) is 26.7 Å². The maximum absolute atomic E-state index is 12.1. The molecule has 1 fully saturated rings. The molecule has 4 heteroatoms. The van der Waals surface area contributed by atoms with E-state index in [1.54, 1.807) is 0 Å². The molecular formula is C12H24N2O2. The highest BCUT2D eigenvalue weighted by Gasteiger charge is 2.28. The molecule has 0 aromatic rings. The summed E-state index contributed by atoms with van der Waals surface area (Å²) in [6.07, 6.45) is 2.30. The standard InChI is InChI=1S/C12H24N2O2/c1-4-16-11-6-5-7-14(8-11)12(15)9(2)10(3)13/h9-11H,4-8,13H2,1-3H3. The maximum Gasteiger partial charge on any atom is 0.227 e. The molecule has 1 heterocycles. The summed E-state index contributed by atoms with van der Waals surface area (Å²) >= 11 is 0. The van der Waals surface area contributed by atoms with E-state index in [-0.39, 0.29) is 24.0 Å². The Hall–Kier alpha value is -0.610. The third-order valence-corrected chi connectivity index (χ3v) is 3.27. The number of ether oxygens (including phenoxy) is 1. The first-order chi connectivity index (χ1) is 7.56. The van der Waals surface area contributed by atoms with Crippen molar-refractivity contribution < 1.29 is 9.53 Å². The number of hydrogen-bond acceptors (Lipinski definition) is 3. The minimum absolute atomic E-state index is 0.0834. The van der Waals surface area contributed by atoms with E-state index in [4.69, 9.17) is 10.5 Å². The molecule has 0 saturated carbocycles. The Balaban J connectivity index is 2.49. The van der Waals surface area contributed by atoms with Gasteiger partial charge in [-0.3, -0.25) is 4.79 Å². The average molecular weight is 228 g/mol. The van der Waals surface area contributed by atoms with Gasteiger partial charge in [0.2, 0.25) is 5.91 Å². The third kappa shape index (κ3) is 3.46. The van der Waals surface area contributed by atoms with Crippen LogP contribution in [0.25, 0.3) is 0 Å². The Labute approximate surface area is 98.1 Å². The van der Waals surface area contributed by atoms with Crippen LogP contribution in [0.1, 0.15) is 33.6 Å². The van der Waals surface area contributed by atoms with E-state index in [2.05, 4.69) is 0 Å². The lowest BCUT2D eigenvalue weighted by Crippen LogP contribution is -2.48. The highest BCUT2D eigenvalue weighted by atomic mass is 16.5. The largest absolute Gasteiger partial charge is 0.377 e. The van der Waals surface area contributed by atoms with Crippen molar-refractivity contribution in [3.05, 3.63) is 0 Å². The lowest BCUT2D eigenvalue weighted by molar-refractivity contribution is -0.139. The van der Waals surface area contributed by atoms with Crippen LogP contribution in [0.5, 0.6) is 0 Å². The minimum atomic E-state index is -0.0969. The second-order valence-corrected chi connectivity index (χ2v) is 4.65. The van der Waals surface area contributed by atoms with Crippen LogP contribution in [0, 0.1) is 5.92 Å². The Morgan fingerprint density at radius 1 is 1.56 bits per heavy atom. The Morgan fingerprint density at radius 3 is 2.81 bits per heavy atom. The predicted molar refractivity (Wildman–Crippen MR) is 64.0 cm³/mol. The van der Waals surface area contributed by atoms with Crippen LogP contribution < -0.4 is 5.73 Å². The van der Waals surface area contributed by atoms with Gasteiger partial charge in [-0.15, -0.1) is 0 Å². The number of nitrogens with two attached hydrogens (primary N) is 1. The molecule has 0 radical (unpaired) electrons. The van der Waals surface area contributed by atoms with Crippen molar-refractivity contribution in [3.63, 3.8) is 0 Å². The van der Waals surface area contributed by atoms with Crippen molar-refractivity contribution in [1.82, 2.24) is 4.90 Å². The second-order valence-electron chi connectivity index (χ2n) is 4.65. The predicted octanol–water partition coefficient (Wildman–Crippen LogP) is 0.997. The fourth-order valence-corrected chi connectivity index (χ4v) is 2.02. The van der Waals surface area contributed by atoms with E-state index in [0.717, 1.165) is 32.5 Å². The SMILES string of the molecule is CCOC1CCCN(C(=O)C(C)C(C)N)C1. The molecule has 4 nitrogen and oxygen atoms in total. The van der Waals surface area contributed by atoms with Crippen LogP contribution in [0.15, 0.2) is 0 Å². The molecule has 0 aliphatic carbocycles. The first-order valence-electron chi connectivity index (χ1n) is 6.22. The quantitative estimate of drug-likeness (QED) is 0.781. The molecule has 0 aromatic heterocycles. The smallest absolute Gasteiger partial charge is 0.227 e. The van der Waals surface area contributed by atoms with Gasteiger partial charge in [0.05, 0.1) is 12.0 Å². The van der Waals surface area contributed by atoms with E-state index < -0.39 is 0 Å². The first kappa shape index (κ1) is 13.5. The lowest BCUT2D eigenvalue weighted by atomic mass is 10.0. The van der Waals surface area contributed by atoms with Gasteiger partial charge in [0.15, 0.2) is 0 Å². The number of hydrogen-bond donors (Lipinski definition) is 1. The molecule has 16 heavy (non-hydrogen) atoms. The fraction of sp³-hybridized carbons (Fsp3) is 0.917. The zero-order valence-electron chi connectivity index (χ0n) is 10.6.